The van der Waals surface area contributed by atoms with E-state index in [1.54, 1.807) is 0 Å². The predicted octanol–water partition coefficient (Wildman–Crippen LogP) is 0.987. The number of halogens is 2. The molecule has 2 unspecified atom stereocenters. The van der Waals surface area contributed by atoms with Gasteiger partial charge in [0.25, 0.3) is 0 Å². The number of amides is 2. The van der Waals surface area contributed by atoms with Crippen molar-refractivity contribution in [1.82, 2.24) is 14.7 Å². The zero-order valence-corrected chi connectivity index (χ0v) is 18.7. The third-order valence-electron chi connectivity index (χ3n) is 6.05. The van der Waals surface area contributed by atoms with Crippen LogP contribution in [0.2, 0.25) is 0 Å². The predicted molar refractivity (Wildman–Crippen MR) is 114 cm³/mol. The lowest BCUT2D eigenvalue weighted by atomic mass is 9.89. The number of hydrogen-bond acceptors (Lipinski definition) is 5. The zero-order valence-electron chi connectivity index (χ0n) is 17.1. The monoisotopic (exact) mass is 438 g/mol. The van der Waals surface area contributed by atoms with Crippen molar-refractivity contribution in [3.8, 4) is 0 Å². The molecule has 2 N–H and O–H groups in total. The number of carbonyl (C=O) groups excluding carboxylic acids is 2. The molecular weight excluding hydrogens is 403 g/mol. The molecule has 164 valence electrons. The highest BCUT2D eigenvalue weighted by Crippen LogP contribution is 2.22. The molecule has 3 fully saturated rings. The summed E-state index contributed by atoms with van der Waals surface area (Å²) in [5.74, 6) is 1.43. The third-order valence-corrected chi connectivity index (χ3v) is 6.05. The van der Waals surface area contributed by atoms with Crippen LogP contribution in [0.15, 0.2) is 0 Å². The number of nitrogens with zero attached hydrogens (tertiary/aromatic N) is 3. The van der Waals surface area contributed by atoms with Gasteiger partial charge in [0.15, 0.2) is 0 Å². The summed E-state index contributed by atoms with van der Waals surface area (Å²) in [4.78, 5) is 31.5. The van der Waals surface area contributed by atoms with Gasteiger partial charge in [-0.15, -0.1) is 24.8 Å². The molecule has 0 saturated carbocycles. The first-order valence-corrected chi connectivity index (χ1v) is 10.0. The summed E-state index contributed by atoms with van der Waals surface area (Å²) in [6.45, 7) is 10.6. The van der Waals surface area contributed by atoms with Crippen LogP contribution in [0.25, 0.3) is 0 Å². The average Bonchev–Trinajstić information content (AvgIpc) is 2.61. The van der Waals surface area contributed by atoms with E-state index in [0.717, 1.165) is 26.2 Å². The Morgan fingerprint density at radius 2 is 1.50 bits per heavy atom. The number of likely N-dealkylation sites (tertiary alicyclic amines) is 1. The van der Waals surface area contributed by atoms with Gasteiger partial charge in [-0.25, -0.2) is 0 Å². The number of nitrogens with two attached hydrogens (primary N) is 1. The Morgan fingerprint density at radius 3 is 2.04 bits per heavy atom. The van der Waals surface area contributed by atoms with E-state index in [0.29, 0.717) is 57.5 Å². The summed E-state index contributed by atoms with van der Waals surface area (Å²) >= 11 is 0. The van der Waals surface area contributed by atoms with Crippen molar-refractivity contribution in [3.05, 3.63) is 0 Å². The molecule has 2 amide bonds. The molecular formula is C19H36Cl2N4O3. The molecule has 0 aromatic rings. The van der Waals surface area contributed by atoms with Gasteiger partial charge in [-0.3, -0.25) is 14.5 Å². The maximum atomic E-state index is 12.8. The van der Waals surface area contributed by atoms with E-state index >= 15 is 0 Å². The molecule has 2 atom stereocenters. The van der Waals surface area contributed by atoms with E-state index in [1.807, 2.05) is 9.80 Å². The smallest absolute Gasteiger partial charge is 0.242 e. The van der Waals surface area contributed by atoms with E-state index in [2.05, 4.69) is 18.7 Å². The molecule has 3 rings (SSSR count). The van der Waals surface area contributed by atoms with Crippen LogP contribution in [-0.2, 0) is 14.3 Å². The topological polar surface area (TPSA) is 79.1 Å². The second-order valence-corrected chi connectivity index (χ2v) is 8.58. The van der Waals surface area contributed by atoms with Crippen LogP contribution in [0.4, 0.5) is 0 Å². The fourth-order valence-corrected chi connectivity index (χ4v) is 4.53. The zero-order chi connectivity index (χ0) is 18.7. The first kappa shape index (κ1) is 25.4. The van der Waals surface area contributed by atoms with Gasteiger partial charge >= 0.3 is 0 Å². The Morgan fingerprint density at radius 1 is 0.964 bits per heavy atom. The number of piperazine rings is 1. The Labute approximate surface area is 181 Å². The molecule has 3 aliphatic rings. The van der Waals surface area contributed by atoms with Crippen LogP contribution in [0.1, 0.15) is 33.1 Å². The van der Waals surface area contributed by atoms with Gasteiger partial charge in [0.05, 0.1) is 12.1 Å². The van der Waals surface area contributed by atoms with E-state index < -0.39 is 5.54 Å². The maximum Gasteiger partial charge on any atom is 0.242 e. The van der Waals surface area contributed by atoms with Crippen LogP contribution in [0.3, 0.4) is 0 Å². The number of ether oxygens (including phenoxy) is 1. The standard InChI is InChI=1S/C19H34N4O3.2ClH/c1-15-11-16(2)13-23(12-15)17(24)14-21-5-7-22(8-6-21)18(25)19(20)3-9-26-10-4-19;;/h15-16H,3-14,20H2,1-2H3;2*1H. The van der Waals surface area contributed by atoms with Crippen molar-refractivity contribution in [2.75, 3.05) is 59.0 Å². The average molecular weight is 439 g/mol. The van der Waals surface area contributed by atoms with Crippen molar-refractivity contribution in [2.45, 2.75) is 38.6 Å². The minimum Gasteiger partial charge on any atom is -0.381 e. The second kappa shape index (κ2) is 11.0. The second-order valence-electron chi connectivity index (χ2n) is 8.58. The molecule has 3 heterocycles. The molecule has 9 heteroatoms. The highest BCUT2D eigenvalue weighted by atomic mass is 35.5. The van der Waals surface area contributed by atoms with Gasteiger partial charge in [0.1, 0.15) is 0 Å². The molecule has 0 radical (unpaired) electrons. The number of carbonyl (C=O) groups is 2. The Kier molecular flexibility index (Phi) is 9.97. The quantitative estimate of drug-likeness (QED) is 0.710. The van der Waals surface area contributed by atoms with Gasteiger partial charge in [-0.1, -0.05) is 13.8 Å². The number of hydrogen-bond donors (Lipinski definition) is 1. The number of rotatable bonds is 3. The SMILES string of the molecule is CC1CC(C)CN(C(=O)CN2CCN(C(=O)C3(N)CCOCC3)CC2)C1.Cl.Cl. The number of piperidine rings is 1. The molecule has 7 nitrogen and oxygen atoms in total. The Hall–Kier alpha value is -0.600. The lowest BCUT2D eigenvalue weighted by molar-refractivity contribution is -0.143. The minimum atomic E-state index is -0.768. The summed E-state index contributed by atoms with van der Waals surface area (Å²) in [6.07, 6.45) is 2.39. The molecule has 0 aromatic heterocycles. The van der Waals surface area contributed by atoms with Gasteiger partial charge in [-0.05, 0) is 31.1 Å². The van der Waals surface area contributed by atoms with Gasteiger partial charge in [0.2, 0.25) is 11.8 Å². The summed E-state index contributed by atoms with van der Waals surface area (Å²) in [7, 11) is 0. The summed E-state index contributed by atoms with van der Waals surface area (Å²) in [6, 6.07) is 0. The van der Waals surface area contributed by atoms with Gasteiger partial charge in [-0.2, -0.15) is 0 Å². The highest BCUT2D eigenvalue weighted by molar-refractivity contribution is 5.86. The lowest BCUT2D eigenvalue weighted by Crippen LogP contribution is -2.61. The Bertz CT molecular complexity index is 513. The molecule has 0 bridgehead atoms. The fraction of sp³-hybridized carbons (Fsp3) is 0.895. The van der Waals surface area contributed by atoms with Crippen molar-refractivity contribution in [2.24, 2.45) is 17.6 Å². The van der Waals surface area contributed by atoms with Crippen LogP contribution in [0, 0.1) is 11.8 Å². The van der Waals surface area contributed by atoms with Crippen molar-refractivity contribution >= 4 is 36.6 Å². The highest BCUT2D eigenvalue weighted by Gasteiger charge is 2.40. The molecule has 0 aromatic carbocycles. The summed E-state index contributed by atoms with van der Waals surface area (Å²) < 4.78 is 5.33. The van der Waals surface area contributed by atoms with Crippen molar-refractivity contribution < 1.29 is 14.3 Å². The third kappa shape index (κ3) is 6.20. The first-order valence-electron chi connectivity index (χ1n) is 10.0. The molecule has 3 aliphatic heterocycles. The molecule has 0 aliphatic carbocycles. The van der Waals surface area contributed by atoms with Crippen LogP contribution in [-0.4, -0.2) is 91.1 Å². The van der Waals surface area contributed by atoms with E-state index in [4.69, 9.17) is 10.5 Å². The fourth-order valence-electron chi connectivity index (χ4n) is 4.53. The minimum absolute atomic E-state index is 0. The summed E-state index contributed by atoms with van der Waals surface area (Å²) in [5, 5.41) is 0. The normalized spacial score (nSPS) is 28.1. The largest absolute Gasteiger partial charge is 0.381 e. The lowest BCUT2D eigenvalue weighted by Gasteiger charge is -2.41. The maximum absolute atomic E-state index is 12.8. The molecule has 0 spiro atoms. The summed E-state index contributed by atoms with van der Waals surface area (Å²) in [5.41, 5.74) is 5.56. The van der Waals surface area contributed by atoms with Crippen LogP contribution >= 0.6 is 24.8 Å². The van der Waals surface area contributed by atoms with Crippen LogP contribution < -0.4 is 5.73 Å². The van der Waals surface area contributed by atoms with Crippen molar-refractivity contribution in [1.29, 1.82) is 0 Å². The van der Waals surface area contributed by atoms with E-state index in [-0.39, 0.29) is 36.6 Å². The van der Waals surface area contributed by atoms with E-state index in [9.17, 15) is 9.59 Å². The van der Waals surface area contributed by atoms with Crippen LogP contribution in [0.5, 0.6) is 0 Å². The van der Waals surface area contributed by atoms with Crippen molar-refractivity contribution in [3.63, 3.8) is 0 Å². The molecule has 3 saturated heterocycles. The first-order chi connectivity index (χ1) is 12.4. The van der Waals surface area contributed by atoms with Gasteiger partial charge in [0, 0.05) is 52.5 Å². The van der Waals surface area contributed by atoms with Gasteiger partial charge < -0.3 is 20.3 Å². The molecule has 28 heavy (non-hydrogen) atoms. The van der Waals surface area contributed by atoms with E-state index in [1.165, 1.54) is 6.42 Å². The Balaban J connectivity index is 0.00000196.